The monoisotopic (exact) mass is 225 g/mol. The average Bonchev–Trinajstić information content (AvgIpc) is 2.61. The smallest absolute Gasteiger partial charge is 0.378 e. The molecule has 0 radical (unpaired) electrons. The van der Waals surface area contributed by atoms with E-state index in [-0.39, 0.29) is 11.2 Å². The fraction of sp³-hybridized carbons (Fsp3) is 0.727. The molecule has 1 heterocycles. The van der Waals surface area contributed by atoms with Crippen molar-refractivity contribution in [2.75, 3.05) is 6.61 Å². The molecule has 0 atom stereocenters. The maximum absolute atomic E-state index is 11.5. The van der Waals surface area contributed by atoms with Crippen molar-refractivity contribution >= 4 is 5.97 Å². The largest absolute Gasteiger partial charge is 0.460 e. The fourth-order valence-electron chi connectivity index (χ4n) is 1.41. The molecule has 5 heteroatoms. The van der Waals surface area contributed by atoms with Gasteiger partial charge in [0.25, 0.3) is 5.82 Å². The van der Waals surface area contributed by atoms with Crippen molar-refractivity contribution in [3.63, 3.8) is 0 Å². The Morgan fingerprint density at radius 3 is 2.56 bits per heavy atom. The molecule has 0 amide bonds. The molecule has 1 rings (SSSR count). The van der Waals surface area contributed by atoms with Gasteiger partial charge in [0.15, 0.2) is 0 Å². The number of aryl methyl sites for hydroxylation is 1. The summed E-state index contributed by atoms with van der Waals surface area (Å²) in [5.41, 5.74) is -0.0908. The highest BCUT2D eigenvalue weighted by Gasteiger charge is 2.26. The molecule has 0 spiro atoms. The Kier molecular flexibility index (Phi) is 3.67. The second kappa shape index (κ2) is 4.63. The molecule has 0 saturated heterocycles. The third kappa shape index (κ3) is 2.40. The van der Waals surface area contributed by atoms with Crippen LogP contribution in [-0.4, -0.2) is 27.3 Å². The number of rotatable bonds is 4. The molecule has 0 aliphatic rings. The minimum absolute atomic E-state index is 0.0908. The number of aromatic nitrogens is 3. The van der Waals surface area contributed by atoms with Gasteiger partial charge < -0.3 is 4.74 Å². The summed E-state index contributed by atoms with van der Waals surface area (Å²) in [6, 6.07) is 0. The van der Waals surface area contributed by atoms with Gasteiger partial charge in [-0.05, 0) is 13.3 Å². The number of hydrogen-bond acceptors (Lipinski definition) is 4. The number of carbonyl (C=O) groups excluding carboxylic acids is 1. The second-order valence-corrected chi connectivity index (χ2v) is 4.34. The topological polar surface area (TPSA) is 57.0 Å². The normalized spacial score (nSPS) is 11.6. The van der Waals surface area contributed by atoms with Crippen LogP contribution in [0.5, 0.6) is 0 Å². The Labute approximate surface area is 95.8 Å². The predicted molar refractivity (Wildman–Crippen MR) is 60.3 cm³/mol. The minimum atomic E-state index is -0.462. The van der Waals surface area contributed by atoms with Gasteiger partial charge in [-0.25, -0.2) is 9.78 Å². The second-order valence-electron chi connectivity index (χ2n) is 4.34. The third-order valence-electron chi connectivity index (χ3n) is 2.71. The van der Waals surface area contributed by atoms with Gasteiger partial charge in [0.1, 0.15) is 5.82 Å². The highest BCUT2D eigenvalue weighted by molar-refractivity contribution is 5.85. The number of carbonyl (C=O) groups is 1. The van der Waals surface area contributed by atoms with Crippen molar-refractivity contribution in [1.82, 2.24) is 14.8 Å². The lowest BCUT2D eigenvalue weighted by atomic mass is 9.89. The molecule has 1 aromatic rings. The summed E-state index contributed by atoms with van der Waals surface area (Å²) in [6.07, 6.45) is 0.932. The Balaban J connectivity index is 3.03. The summed E-state index contributed by atoms with van der Waals surface area (Å²) in [6.45, 7) is 8.33. The number of nitrogens with zero attached hydrogens (tertiary/aromatic N) is 3. The Morgan fingerprint density at radius 2 is 2.06 bits per heavy atom. The molecular formula is C11H19N3O2. The Hall–Kier alpha value is -1.39. The van der Waals surface area contributed by atoms with E-state index in [9.17, 15) is 4.79 Å². The van der Waals surface area contributed by atoms with Crippen molar-refractivity contribution in [3.05, 3.63) is 11.6 Å². The van der Waals surface area contributed by atoms with E-state index in [1.54, 1.807) is 18.7 Å². The van der Waals surface area contributed by atoms with Gasteiger partial charge in [0, 0.05) is 12.5 Å². The zero-order valence-electron chi connectivity index (χ0n) is 10.6. The maximum Gasteiger partial charge on any atom is 0.378 e. The van der Waals surface area contributed by atoms with Crippen LogP contribution in [0, 0.1) is 0 Å². The van der Waals surface area contributed by atoms with Crippen molar-refractivity contribution in [2.24, 2.45) is 7.05 Å². The van der Waals surface area contributed by atoms with Gasteiger partial charge in [-0.1, -0.05) is 20.8 Å². The van der Waals surface area contributed by atoms with Gasteiger partial charge in [0.05, 0.1) is 6.61 Å². The molecule has 90 valence electrons. The van der Waals surface area contributed by atoms with E-state index in [1.807, 2.05) is 0 Å². The zero-order chi connectivity index (χ0) is 12.3. The van der Waals surface area contributed by atoms with E-state index in [2.05, 4.69) is 30.9 Å². The van der Waals surface area contributed by atoms with Crippen molar-refractivity contribution in [2.45, 2.75) is 39.5 Å². The first kappa shape index (κ1) is 12.7. The SMILES string of the molecule is CCOC(=O)c1nc(C(C)(C)CC)n(C)n1. The highest BCUT2D eigenvalue weighted by Crippen LogP contribution is 2.24. The lowest BCUT2D eigenvalue weighted by Crippen LogP contribution is -2.21. The maximum atomic E-state index is 11.5. The molecule has 0 aliphatic heterocycles. The molecule has 16 heavy (non-hydrogen) atoms. The number of ether oxygens (including phenoxy) is 1. The molecule has 0 unspecified atom stereocenters. The lowest BCUT2D eigenvalue weighted by Gasteiger charge is -2.20. The molecule has 0 aliphatic carbocycles. The summed E-state index contributed by atoms with van der Waals surface area (Å²) >= 11 is 0. The van der Waals surface area contributed by atoms with Gasteiger partial charge in [0.2, 0.25) is 0 Å². The van der Waals surface area contributed by atoms with Crippen LogP contribution < -0.4 is 0 Å². The first-order chi connectivity index (χ1) is 7.42. The van der Waals surface area contributed by atoms with Crippen LogP contribution in [0.3, 0.4) is 0 Å². The standard InChI is InChI=1S/C11H19N3O2/c1-6-11(3,4)10-12-8(13-14(10)5)9(15)16-7-2/h6-7H2,1-5H3. The molecule has 0 aromatic carbocycles. The highest BCUT2D eigenvalue weighted by atomic mass is 16.5. The average molecular weight is 225 g/mol. The van der Waals surface area contributed by atoms with E-state index in [1.165, 1.54) is 0 Å². The molecule has 0 bridgehead atoms. The van der Waals surface area contributed by atoms with Gasteiger partial charge >= 0.3 is 5.97 Å². The van der Waals surface area contributed by atoms with Gasteiger partial charge in [-0.2, -0.15) is 0 Å². The summed E-state index contributed by atoms with van der Waals surface area (Å²) in [4.78, 5) is 15.7. The molecule has 0 fully saturated rings. The van der Waals surface area contributed by atoms with Crippen molar-refractivity contribution in [1.29, 1.82) is 0 Å². The minimum Gasteiger partial charge on any atom is -0.460 e. The van der Waals surface area contributed by atoms with E-state index in [0.29, 0.717) is 6.61 Å². The van der Waals surface area contributed by atoms with Crippen LogP contribution >= 0.6 is 0 Å². The van der Waals surface area contributed by atoms with Gasteiger partial charge in [-0.3, -0.25) is 4.68 Å². The van der Waals surface area contributed by atoms with E-state index in [4.69, 9.17) is 4.74 Å². The molecule has 0 N–H and O–H groups in total. The lowest BCUT2D eigenvalue weighted by molar-refractivity contribution is 0.0511. The van der Waals surface area contributed by atoms with Crippen LogP contribution in [0.4, 0.5) is 0 Å². The number of esters is 1. The van der Waals surface area contributed by atoms with Crippen LogP contribution in [0.1, 0.15) is 50.6 Å². The first-order valence-corrected chi connectivity index (χ1v) is 5.51. The first-order valence-electron chi connectivity index (χ1n) is 5.51. The molecular weight excluding hydrogens is 206 g/mol. The quantitative estimate of drug-likeness (QED) is 0.731. The van der Waals surface area contributed by atoms with Crippen LogP contribution in [-0.2, 0) is 17.2 Å². The molecule has 0 saturated carbocycles. The zero-order valence-corrected chi connectivity index (χ0v) is 10.6. The number of hydrogen-bond donors (Lipinski definition) is 0. The van der Waals surface area contributed by atoms with Gasteiger partial charge in [-0.15, -0.1) is 5.10 Å². The Morgan fingerprint density at radius 1 is 1.44 bits per heavy atom. The predicted octanol–water partition coefficient (Wildman–Crippen LogP) is 1.68. The van der Waals surface area contributed by atoms with Crippen LogP contribution in [0.15, 0.2) is 0 Å². The van der Waals surface area contributed by atoms with Crippen LogP contribution in [0.25, 0.3) is 0 Å². The van der Waals surface area contributed by atoms with E-state index >= 15 is 0 Å². The molecule has 1 aromatic heterocycles. The Bertz CT molecular complexity index is 383. The summed E-state index contributed by atoms with van der Waals surface area (Å²) < 4.78 is 6.51. The summed E-state index contributed by atoms with van der Waals surface area (Å²) in [5.74, 6) is 0.482. The van der Waals surface area contributed by atoms with Crippen molar-refractivity contribution in [3.8, 4) is 0 Å². The van der Waals surface area contributed by atoms with Crippen molar-refractivity contribution < 1.29 is 9.53 Å². The van der Waals surface area contributed by atoms with E-state index < -0.39 is 5.97 Å². The summed E-state index contributed by atoms with van der Waals surface area (Å²) in [7, 11) is 1.79. The summed E-state index contributed by atoms with van der Waals surface area (Å²) in [5, 5.41) is 4.07. The molecule has 5 nitrogen and oxygen atoms in total. The van der Waals surface area contributed by atoms with Crippen LogP contribution in [0.2, 0.25) is 0 Å². The van der Waals surface area contributed by atoms with E-state index in [0.717, 1.165) is 12.2 Å². The third-order valence-corrected chi connectivity index (χ3v) is 2.71. The fourth-order valence-corrected chi connectivity index (χ4v) is 1.41.